The van der Waals surface area contributed by atoms with E-state index in [0.29, 0.717) is 11.4 Å². The van der Waals surface area contributed by atoms with Crippen molar-refractivity contribution in [3.63, 3.8) is 0 Å². The van der Waals surface area contributed by atoms with Gasteiger partial charge in [0, 0.05) is 12.7 Å². The molecule has 2 rings (SSSR count). The maximum absolute atomic E-state index is 13.7. The van der Waals surface area contributed by atoms with Crippen LogP contribution in [-0.2, 0) is 9.53 Å². The van der Waals surface area contributed by atoms with E-state index < -0.39 is 23.8 Å². The third-order valence-electron chi connectivity index (χ3n) is 2.80. The molecule has 1 unspecified atom stereocenters. The SMILES string of the molecule is CNC(=O)c1ccc(NC2=CCOC2C(=O)O)cc1F. The summed E-state index contributed by atoms with van der Waals surface area (Å²) >= 11 is 0. The van der Waals surface area contributed by atoms with Crippen molar-refractivity contribution in [3.8, 4) is 0 Å². The van der Waals surface area contributed by atoms with Crippen LogP contribution in [0.2, 0.25) is 0 Å². The molecule has 0 spiro atoms. The molecule has 0 saturated carbocycles. The van der Waals surface area contributed by atoms with E-state index in [0.717, 1.165) is 6.07 Å². The molecule has 0 saturated heterocycles. The third-order valence-corrected chi connectivity index (χ3v) is 2.80. The number of benzene rings is 1. The van der Waals surface area contributed by atoms with Gasteiger partial charge < -0.3 is 20.5 Å². The fourth-order valence-corrected chi connectivity index (χ4v) is 1.83. The predicted molar refractivity (Wildman–Crippen MR) is 68.9 cm³/mol. The number of carboxylic acids is 1. The molecule has 7 heteroatoms. The number of hydrogen-bond acceptors (Lipinski definition) is 4. The summed E-state index contributed by atoms with van der Waals surface area (Å²) in [6.45, 7) is 0.179. The Bertz CT molecular complexity index is 586. The summed E-state index contributed by atoms with van der Waals surface area (Å²) in [6.07, 6.45) is 0.486. The van der Waals surface area contributed by atoms with Crippen molar-refractivity contribution in [2.24, 2.45) is 0 Å². The first-order valence-corrected chi connectivity index (χ1v) is 5.86. The zero-order valence-corrected chi connectivity index (χ0v) is 10.6. The van der Waals surface area contributed by atoms with Crippen molar-refractivity contribution in [2.45, 2.75) is 6.10 Å². The van der Waals surface area contributed by atoms with E-state index in [-0.39, 0.29) is 12.2 Å². The lowest BCUT2D eigenvalue weighted by Gasteiger charge is -2.13. The summed E-state index contributed by atoms with van der Waals surface area (Å²) in [5.74, 6) is -2.34. The Kier molecular flexibility index (Phi) is 3.99. The Balaban J connectivity index is 2.17. The van der Waals surface area contributed by atoms with Crippen LogP contribution in [0, 0.1) is 5.82 Å². The number of hydrogen-bond donors (Lipinski definition) is 3. The highest BCUT2D eigenvalue weighted by Gasteiger charge is 2.27. The monoisotopic (exact) mass is 280 g/mol. The number of aliphatic carboxylic acids is 1. The van der Waals surface area contributed by atoms with Crippen LogP contribution in [-0.4, -0.2) is 36.7 Å². The van der Waals surface area contributed by atoms with Crippen molar-refractivity contribution in [1.82, 2.24) is 5.32 Å². The van der Waals surface area contributed by atoms with E-state index in [1.54, 1.807) is 6.08 Å². The number of nitrogens with one attached hydrogen (secondary N) is 2. The molecule has 1 amide bonds. The van der Waals surface area contributed by atoms with Gasteiger partial charge in [0.1, 0.15) is 5.82 Å². The molecule has 1 aromatic rings. The van der Waals surface area contributed by atoms with Crippen LogP contribution < -0.4 is 10.6 Å². The number of rotatable bonds is 4. The minimum atomic E-state index is -1.12. The van der Waals surface area contributed by atoms with Gasteiger partial charge >= 0.3 is 5.97 Å². The standard InChI is InChI=1S/C13H13FN2O4/c1-15-12(17)8-3-2-7(6-9(8)14)16-10-4-5-20-11(10)13(18)19/h2-4,6,11,16H,5H2,1H3,(H,15,17)(H,18,19). The van der Waals surface area contributed by atoms with Crippen LogP contribution >= 0.6 is 0 Å². The highest BCUT2D eigenvalue weighted by molar-refractivity contribution is 5.94. The summed E-state index contributed by atoms with van der Waals surface area (Å²) in [5.41, 5.74) is 0.604. The van der Waals surface area contributed by atoms with E-state index >= 15 is 0 Å². The quantitative estimate of drug-likeness (QED) is 0.764. The van der Waals surface area contributed by atoms with Gasteiger partial charge in [0.25, 0.3) is 5.91 Å². The van der Waals surface area contributed by atoms with E-state index in [1.165, 1.54) is 19.2 Å². The second-order valence-electron chi connectivity index (χ2n) is 4.11. The molecule has 0 fully saturated rings. The molecule has 1 aliphatic rings. The van der Waals surface area contributed by atoms with Crippen LogP contribution in [0.5, 0.6) is 0 Å². The normalized spacial score (nSPS) is 17.5. The lowest BCUT2D eigenvalue weighted by Crippen LogP contribution is -2.25. The zero-order valence-electron chi connectivity index (χ0n) is 10.6. The molecule has 106 valence electrons. The number of anilines is 1. The molecule has 1 aliphatic heterocycles. The Labute approximate surface area is 114 Å². The van der Waals surface area contributed by atoms with Crippen LogP contribution in [0.4, 0.5) is 10.1 Å². The van der Waals surface area contributed by atoms with E-state index in [2.05, 4.69) is 10.6 Å². The van der Waals surface area contributed by atoms with Crippen molar-refractivity contribution in [2.75, 3.05) is 19.0 Å². The average molecular weight is 280 g/mol. The maximum atomic E-state index is 13.7. The molecule has 1 aromatic carbocycles. The van der Waals surface area contributed by atoms with Gasteiger partial charge in [0.2, 0.25) is 0 Å². The third kappa shape index (κ3) is 2.77. The molecule has 0 aliphatic carbocycles. The minimum absolute atomic E-state index is 0.0792. The number of amides is 1. The second kappa shape index (κ2) is 5.70. The summed E-state index contributed by atoms with van der Waals surface area (Å²) in [4.78, 5) is 22.3. The molecule has 1 heterocycles. The molecule has 0 radical (unpaired) electrons. The summed E-state index contributed by atoms with van der Waals surface area (Å²) in [5, 5.41) is 14.0. The predicted octanol–water partition coefficient (Wildman–Crippen LogP) is 0.964. The number of carbonyl (C=O) groups excluding carboxylic acids is 1. The van der Waals surface area contributed by atoms with Gasteiger partial charge in [0.15, 0.2) is 6.10 Å². The Morgan fingerprint density at radius 2 is 2.20 bits per heavy atom. The number of carbonyl (C=O) groups is 2. The highest BCUT2D eigenvalue weighted by atomic mass is 19.1. The fraction of sp³-hybridized carbons (Fsp3) is 0.231. The Morgan fingerprint density at radius 3 is 2.80 bits per heavy atom. The summed E-state index contributed by atoms with van der Waals surface area (Å²) in [7, 11) is 1.41. The van der Waals surface area contributed by atoms with Crippen LogP contribution in [0.25, 0.3) is 0 Å². The summed E-state index contributed by atoms with van der Waals surface area (Å²) < 4.78 is 18.7. The van der Waals surface area contributed by atoms with Gasteiger partial charge in [-0.1, -0.05) is 0 Å². The van der Waals surface area contributed by atoms with Gasteiger partial charge in [-0.05, 0) is 24.3 Å². The number of halogens is 1. The molecule has 0 bridgehead atoms. The van der Waals surface area contributed by atoms with Crippen molar-refractivity contribution in [3.05, 3.63) is 41.4 Å². The first-order chi connectivity index (χ1) is 9.52. The second-order valence-corrected chi connectivity index (χ2v) is 4.11. The van der Waals surface area contributed by atoms with Crippen molar-refractivity contribution >= 4 is 17.6 Å². The van der Waals surface area contributed by atoms with Gasteiger partial charge in [0.05, 0.1) is 17.9 Å². The maximum Gasteiger partial charge on any atom is 0.339 e. The topological polar surface area (TPSA) is 87.7 Å². The summed E-state index contributed by atoms with van der Waals surface area (Å²) in [6, 6.07) is 3.94. The smallest absolute Gasteiger partial charge is 0.339 e. The lowest BCUT2D eigenvalue weighted by molar-refractivity contribution is -0.146. The molecule has 6 nitrogen and oxygen atoms in total. The first-order valence-electron chi connectivity index (χ1n) is 5.86. The molecule has 20 heavy (non-hydrogen) atoms. The Morgan fingerprint density at radius 1 is 1.45 bits per heavy atom. The molecule has 3 N–H and O–H groups in total. The molecular weight excluding hydrogens is 267 g/mol. The van der Waals surface area contributed by atoms with E-state index in [4.69, 9.17) is 9.84 Å². The van der Waals surface area contributed by atoms with Crippen LogP contribution in [0.15, 0.2) is 30.0 Å². The lowest BCUT2D eigenvalue weighted by atomic mass is 10.1. The largest absolute Gasteiger partial charge is 0.479 e. The average Bonchev–Trinajstić information content (AvgIpc) is 2.86. The van der Waals surface area contributed by atoms with Crippen LogP contribution in [0.3, 0.4) is 0 Å². The van der Waals surface area contributed by atoms with E-state index in [1.807, 2.05) is 0 Å². The fourth-order valence-electron chi connectivity index (χ4n) is 1.83. The van der Waals surface area contributed by atoms with Gasteiger partial charge in [-0.25, -0.2) is 9.18 Å². The van der Waals surface area contributed by atoms with Crippen molar-refractivity contribution < 1.29 is 23.8 Å². The molecule has 0 aromatic heterocycles. The van der Waals surface area contributed by atoms with Gasteiger partial charge in [-0.3, -0.25) is 4.79 Å². The first kappa shape index (κ1) is 14.0. The van der Waals surface area contributed by atoms with Crippen molar-refractivity contribution in [1.29, 1.82) is 0 Å². The highest BCUT2D eigenvalue weighted by Crippen LogP contribution is 2.21. The molecule has 1 atom stereocenters. The zero-order chi connectivity index (χ0) is 14.7. The Hall–Kier alpha value is -2.41. The number of ether oxygens (including phenoxy) is 1. The minimum Gasteiger partial charge on any atom is -0.479 e. The molecular formula is C13H13FN2O4. The van der Waals surface area contributed by atoms with E-state index in [9.17, 15) is 14.0 Å². The van der Waals surface area contributed by atoms with Gasteiger partial charge in [-0.15, -0.1) is 0 Å². The van der Waals surface area contributed by atoms with Gasteiger partial charge in [-0.2, -0.15) is 0 Å². The number of carboxylic acid groups (broad SMARTS) is 1. The van der Waals surface area contributed by atoms with Crippen LogP contribution in [0.1, 0.15) is 10.4 Å².